The second kappa shape index (κ2) is 8.68. The lowest BCUT2D eigenvalue weighted by Gasteiger charge is -2.14. The van der Waals surface area contributed by atoms with Gasteiger partial charge in [0.2, 0.25) is 5.91 Å². The Morgan fingerprint density at radius 3 is 2.54 bits per heavy atom. The number of amides is 1. The van der Waals surface area contributed by atoms with Crippen molar-refractivity contribution in [1.82, 2.24) is 5.01 Å². The zero-order valence-electron chi connectivity index (χ0n) is 7.86. The molecule has 0 fully saturated rings. The minimum Gasteiger partial charge on any atom is -0.330 e. The Kier molecular flexibility index (Phi) is 8.74. The van der Waals surface area contributed by atoms with E-state index in [-0.39, 0.29) is 5.91 Å². The summed E-state index contributed by atoms with van der Waals surface area (Å²) in [6.07, 6.45) is 0.469. The van der Waals surface area contributed by atoms with Crippen molar-refractivity contribution < 1.29 is 4.79 Å². The topological polar surface area (TPSA) is 72.3 Å². The lowest BCUT2D eigenvalue weighted by molar-refractivity contribution is -0.130. The Morgan fingerprint density at radius 2 is 2.00 bits per heavy atom. The molecule has 0 aliphatic heterocycles. The Hall–Kier alpha value is 0.0900. The summed E-state index contributed by atoms with van der Waals surface area (Å²) in [4.78, 5) is 11.0. The smallest absolute Gasteiger partial charge is 0.236 e. The van der Waals surface area contributed by atoms with Gasteiger partial charge in [0, 0.05) is 31.0 Å². The van der Waals surface area contributed by atoms with Crippen molar-refractivity contribution in [3.05, 3.63) is 0 Å². The molecular weight excluding hydrogens is 206 g/mol. The minimum atomic E-state index is -0.00979. The van der Waals surface area contributed by atoms with Gasteiger partial charge < -0.3 is 5.73 Å². The third-order valence-corrected chi connectivity index (χ3v) is 3.74. The minimum absolute atomic E-state index is 0.00979. The molecule has 0 aliphatic rings. The van der Waals surface area contributed by atoms with Gasteiger partial charge in [0.05, 0.1) is 0 Å². The van der Waals surface area contributed by atoms with Gasteiger partial charge >= 0.3 is 0 Å². The van der Waals surface area contributed by atoms with Crippen LogP contribution >= 0.6 is 21.6 Å². The van der Waals surface area contributed by atoms with Crippen LogP contribution in [0.1, 0.15) is 13.3 Å². The number of hydrazine groups is 1. The lowest BCUT2D eigenvalue weighted by Crippen LogP contribution is -2.38. The van der Waals surface area contributed by atoms with E-state index in [4.69, 9.17) is 11.6 Å². The molecule has 0 unspecified atom stereocenters. The Morgan fingerprint density at radius 1 is 1.38 bits per heavy atom. The largest absolute Gasteiger partial charge is 0.330 e. The van der Waals surface area contributed by atoms with E-state index < -0.39 is 0 Å². The fourth-order valence-electron chi connectivity index (χ4n) is 0.629. The van der Waals surface area contributed by atoms with Crippen molar-refractivity contribution in [1.29, 1.82) is 0 Å². The van der Waals surface area contributed by atoms with Crippen molar-refractivity contribution in [2.75, 3.05) is 24.6 Å². The van der Waals surface area contributed by atoms with Gasteiger partial charge in [0.15, 0.2) is 0 Å². The van der Waals surface area contributed by atoms with E-state index in [1.807, 2.05) is 0 Å². The molecule has 1 amide bonds. The predicted molar refractivity (Wildman–Crippen MR) is 60.2 cm³/mol. The molecule has 0 aliphatic carbocycles. The normalized spacial score (nSPS) is 10.1. The van der Waals surface area contributed by atoms with Crippen molar-refractivity contribution in [2.45, 2.75) is 13.3 Å². The Labute approximate surface area is 87.1 Å². The molecule has 0 aromatic rings. The molecule has 4 N–H and O–H groups in total. The first-order valence-corrected chi connectivity index (χ1v) is 6.70. The van der Waals surface area contributed by atoms with Crippen LogP contribution in [0.5, 0.6) is 0 Å². The highest BCUT2D eigenvalue weighted by molar-refractivity contribution is 8.76. The standard InChI is InChI=1S/C7H17N3OS2/c1-2-7(11)10(9)4-6-13-12-5-3-8/h2-6,8-9H2,1H3. The van der Waals surface area contributed by atoms with Crippen LogP contribution in [0.4, 0.5) is 0 Å². The van der Waals surface area contributed by atoms with Gasteiger partial charge in [-0.1, -0.05) is 28.5 Å². The van der Waals surface area contributed by atoms with E-state index in [0.717, 1.165) is 11.5 Å². The van der Waals surface area contributed by atoms with Gasteiger partial charge in [0.1, 0.15) is 0 Å². The quantitative estimate of drug-likeness (QED) is 0.215. The first kappa shape index (κ1) is 13.1. The van der Waals surface area contributed by atoms with Gasteiger partial charge in [-0.15, -0.1) is 0 Å². The molecule has 0 bridgehead atoms. The molecule has 0 radical (unpaired) electrons. The van der Waals surface area contributed by atoms with Crippen LogP contribution in [0.2, 0.25) is 0 Å². The van der Waals surface area contributed by atoms with Crippen molar-refractivity contribution >= 4 is 27.5 Å². The molecule has 0 aromatic carbocycles. The highest BCUT2D eigenvalue weighted by Crippen LogP contribution is 2.19. The fourth-order valence-corrected chi connectivity index (χ4v) is 2.45. The number of rotatable bonds is 7. The number of nitrogens with two attached hydrogens (primary N) is 2. The van der Waals surface area contributed by atoms with Gasteiger partial charge in [0.25, 0.3) is 0 Å². The Bertz CT molecular complexity index is 146. The first-order chi connectivity index (χ1) is 6.22. The molecule has 0 atom stereocenters. The summed E-state index contributed by atoms with van der Waals surface area (Å²) in [5, 5.41) is 1.27. The Balaban J connectivity index is 3.26. The maximum absolute atomic E-state index is 11.0. The van der Waals surface area contributed by atoms with Gasteiger partial charge in [-0.2, -0.15) is 0 Å². The van der Waals surface area contributed by atoms with Crippen molar-refractivity contribution in [2.24, 2.45) is 11.6 Å². The molecule has 0 heterocycles. The maximum Gasteiger partial charge on any atom is 0.236 e. The number of hydrogen-bond acceptors (Lipinski definition) is 5. The van der Waals surface area contributed by atoms with Crippen LogP contribution in [0.15, 0.2) is 0 Å². The monoisotopic (exact) mass is 223 g/mol. The van der Waals surface area contributed by atoms with Crippen LogP contribution in [-0.2, 0) is 4.79 Å². The molecule has 0 spiro atoms. The second-order valence-corrected chi connectivity index (χ2v) is 5.08. The van der Waals surface area contributed by atoms with Gasteiger partial charge in [-0.25, -0.2) is 5.84 Å². The van der Waals surface area contributed by atoms with Crippen molar-refractivity contribution in [3.63, 3.8) is 0 Å². The average Bonchev–Trinajstić information content (AvgIpc) is 2.16. The number of hydrogen-bond donors (Lipinski definition) is 2. The predicted octanol–water partition coefficient (Wildman–Crippen LogP) is 0.439. The van der Waals surface area contributed by atoms with E-state index >= 15 is 0 Å². The van der Waals surface area contributed by atoms with E-state index in [2.05, 4.69) is 0 Å². The molecule has 6 heteroatoms. The summed E-state index contributed by atoms with van der Waals surface area (Å²) in [6, 6.07) is 0. The zero-order valence-corrected chi connectivity index (χ0v) is 9.50. The molecule has 78 valence electrons. The van der Waals surface area contributed by atoms with Crippen LogP contribution in [0.3, 0.4) is 0 Å². The average molecular weight is 223 g/mol. The number of nitrogens with zero attached hydrogens (tertiary/aromatic N) is 1. The van der Waals surface area contributed by atoms with E-state index in [1.54, 1.807) is 28.5 Å². The van der Waals surface area contributed by atoms with Gasteiger partial charge in [-0.3, -0.25) is 9.80 Å². The molecule has 0 aromatic heterocycles. The first-order valence-electron chi connectivity index (χ1n) is 4.22. The summed E-state index contributed by atoms with van der Waals surface area (Å²) in [5.74, 6) is 7.26. The van der Waals surface area contributed by atoms with Crippen LogP contribution in [-0.4, -0.2) is 35.5 Å². The summed E-state index contributed by atoms with van der Waals surface area (Å²) < 4.78 is 0. The van der Waals surface area contributed by atoms with E-state index in [0.29, 0.717) is 19.5 Å². The SMILES string of the molecule is CCC(=O)N(N)CCSSCCN. The van der Waals surface area contributed by atoms with Crippen LogP contribution in [0, 0.1) is 0 Å². The third kappa shape index (κ3) is 7.18. The van der Waals surface area contributed by atoms with Gasteiger partial charge in [-0.05, 0) is 0 Å². The van der Waals surface area contributed by atoms with E-state index in [9.17, 15) is 4.79 Å². The van der Waals surface area contributed by atoms with Crippen molar-refractivity contribution in [3.8, 4) is 0 Å². The summed E-state index contributed by atoms with van der Waals surface area (Å²) in [7, 11) is 3.41. The summed E-state index contributed by atoms with van der Waals surface area (Å²) in [5.41, 5.74) is 5.32. The zero-order chi connectivity index (χ0) is 10.1. The van der Waals surface area contributed by atoms with Crippen LogP contribution in [0.25, 0.3) is 0 Å². The summed E-state index contributed by atoms with van der Waals surface area (Å²) >= 11 is 0. The molecule has 0 saturated carbocycles. The van der Waals surface area contributed by atoms with E-state index in [1.165, 1.54) is 5.01 Å². The molecule has 0 saturated heterocycles. The van der Waals surface area contributed by atoms with Crippen LogP contribution < -0.4 is 11.6 Å². The number of carbonyl (C=O) groups excluding carboxylic acids is 1. The lowest BCUT2D eigenvalue weighted by atomic mass is 10.4. The molecule has 13 heavy (non-hydrogen) atoms. The second-order valence-electron chi connectivity index (χ2n) is 2.37. The maximum atomic E-state index is 11.0. The molecule has 4 nitrogen and oxygen atoms in total. The number of carbonyl (C=O) groups is 1. The fraction of sp³-hybridized carbons (Fsp3) is 0.857. The molecular formula is C7H17N3OS2. The molecule has 0 rings (SSSR count). The third-order valence-electron chi connectivity index (χ3n) is 1.32. The summed E-state index contributed by atoms with van der Waals surface area (Å²) in [6.45, 7) is 3.10. The highest BCUT2D eigenvalue weighted by atomic mass is 33.1. The highest BCUT2D eigenvalue weighted by Gasteiger charge is 2.05.